The molecule has 5 N–H and O–H groups in total. The summed E-state index contributed by atoms with van der Waals surface area (Å²) in [4.78, 5) is 56.0. The summed E-state index contributed by atoms with van der Waals surface area (Å²) < 4.78 is 77.6. The van der Waals surface area contributed by atoms with Crippen LogP contribution < -0.4 is 16.5 Å². The second-order valence-electron chi connectivity index (χ2n) is 12.2. The Morgan fingerprint density at radius 1 is 0.944 bits per heavy atom. The van der Waals surface area contributed by atoms with Crippen molar-refractivity contribution in [2.45, 2.75) is 56.2 Å². The molecule has 0 atom stereocenters. The minimum Gasteiger partial charge on any atom is -0.744 e. The number of nitrogens with zero attached hydrogens (tertiary/aromatic N) is 3. The number of hydroxylamine groups is 2. The van der Waals surface area contributed by atoms with E-state index in [0.29, 0.717) is 5.06 Å². The molecule has 1 aliphatic carbocycles. The lowest BCUT2D eigenvalue weighted by Gasteiger charge is -2.23. The summed E-state index contributed by atoms with van der Waals surface area (Å²) in [5.74, 6) is -3.30. The zero-order chi connectivity index (χ0) is 40.1. The van der Waals surface area contributed by atoms with Crippen LogP contribution in [-0.2, 0) is 39.5 Å². The number of carbonyl (C=O) groups is 4. The van der Waals surface area contributed by atoms with E-state index in [-0.39, 0.29) is 59.9 Å². The van der Waals surface area contributed by atoms with E-state index in [2.05, 4.69) is 25.7 Å². The lowest BCUT2D eigenvalue weighted by Crippen LogP contribution is -2.47. The van der Waals surface area contributed by atoms with E-state index in [4.69, 9.17) is 20.4 Å². The molecular formula is C35H41N5O12S2. The van der Waals surface area contributed by atoms with Gasteiger partial charge < -0.3 is 29.3 Å². The highest BCUT2D eigenvalue weighted by Crippen LogP contribution is 2.45. The number of amides is 3. The van der Waals surface area contributed by atoms with Gasteiger partial charge in [0.1, 0.15) is 15.0 Å². The number of fused-ring (bicyclic) bond motifs is 2. The Kier molecular flexibility index (Phi) is 13.0. The van der Waals surface area contributed by atoms with Crippen LogP contribution in [0.15, 0.2) is 62.7 Å². The summed E-state index contributed by atoms with van der Waals surface area (Å²) in [6, 6.07) is 11.0. The van der Waals surface area contributed by atoms with Gasteiger partial charge in [-0.1, -0.05) is 39.0 Å². The van der Waals surface area contributed by atoms with Crippen LogP contribution in [0.4, 0.5) is 5.69 Å². The zero-order valence-electron chi connectivity index (χ0n) is 30.0. The molecule has 19 heteroatoms. The van der Waals surface area contributed by atoms with E-state index < -0.39 is 76.1 Å². The quantitative estimate of drug-likeness (QED) is 0.0794. The van der Waals surface area contributed by atoms with Crippen LogP contribution >= 0.6 is 0 Å². The van der Waals surface area contributed by atoms with E-state index >= 15 is 0 Å². The van der Waals surface area contributed by atoms with Gasteiger partial charge in [0.25, 0.3) is 17.7 Å². The highest BCUT2D eigenvalue weighted by Gasteiger charge is 2.34. The summed E-state index contributed by atoms with van der Waals surface area (Å²) in [5.41, 5.74) is 4.92. The Morgan fingerprint density at radius 2 is 1.56 bits per heavy atom. The van der Waals surface area contributed by atoms with Crippen molar-refractivity contribution in [2.24, 2.45) is 0 Å². The fourth-order valence-electron chi connectivity index (χ4n) is 5.94. The second-order valence-corrected chi connectivity index (χ2v) is 14.8. The Labute approximate surface area is 311 Å². The van der Waals surface area contributed by atoms with Gasteiger partial charge >= 0.3 is 16.1 Å². The first-order chi connectivity index (χ1) is 25.3. The lowest BCUT2D eigenvalue weighted by molar-refractivity contribution is -0.197. The van der Waals surface area contributed by atoms with E-state index in [1.54, 1.807) is 6.07 Å². The van der Waals surface area contributed by atoms with Crippen LogP contribution in [0.5, 0.6) is 0 Å². The summed E-state index contributed by atoms with van der Waals surface area (Å²) in [5, 5.41) is 5.80. The number of nitrogens with two attached hydrogens (primary N) is 2. The van der Waals surface area contributed by atoms with Gasteiger partial charge in [0.05, 0.1) is 5.69 Å². The summed E-state index contributed by atoms with van der Waals surface area (Å²) in [7, 11) is -8.97. The molecule has 3 amide bonds. The van der Waals surface area contributed by atoms with Gasteiger partial charge in [0.15, 0.2) is 11.3 Å². The molecule has 0 saturated carbocycles. The smallest absolute Gasteiger partial charge is 0.333 e. The largest absolute Gasteiger partial charge is 0.744 e. The molecule has 2 aromatic rings. The number of hydrogen-bond acceptors (Lipinski definition) is 13. The second kappa shape index (κ2) is 16.9. The third-order valence-corrected chi connectivity index (χ3v) is 10.6. The molecule has 0 bridgehead atoms. The third-order valence-electron chi connectivity index (χ3n) is 8.72. The molecule has 2 heterocycles. The van der Waals surface area contributed by atoms with E-state index in [9.17, 15) is 45.1 Å². The Balaban J connectivity index is 0.000000845. The molecule has 290 valence electrons. The molecule has 0 unspecified atom stereocenters. The van der Waals surface area contributed by atoms with Gasteiger partial charge in [0, 0.05) is 61.0 Å². The fourth-order valence-corrected chi connectivity index (χ4v) is 7.43. The molecular weight excluding hydrogens is 747 g/mol. The lowest BCUT2D eigenvalue weighted by atomic mass is 9.90. The molecule has 17 nitrogen and oxygen atoms in total. The molecule has 0 spiro atoms. The van der Waals surface area contributed by atoms with Crippen molar-refractivity contribution in [1.29, 1.82) is 0 Å². The monoisotopic (exact) mass is 787 g/mol. The van der Waals surface area contributed by atoms with Crippen molar-refractivity contribution in [1.82, 2.24) is 14.9 Å². The zero-order valence-corrected chi connectivity index (χ0v) is 31.7. The van der Waals surface area contributed by atoms with Gasteiger partial charge in [-0.3, -0.25) is 24.3 Å². The first kappa shape index (κ1) is 41.5. The number of benzene rings is 3. The van der Waals surface area contributed by atoms with E-state index in [1.165, 1.54) is 61.9 Å². The summed E-state index contributed by atoms with van der Waals surface area (Å²) in [6.45, 7) is 10.1. The highest BCUT2D eigenvalue weighted by atomic mass is 32.2. The molecule has 1 fully saturated rings. The summed E-state index contributed by atoms with van der Waals surface area (Å²) >= 11 is 0. The van der Waals surface area contributed by atoms with Crippen LogP contribution in [0.2, 0.25) is 0 Å². The first-order valence-electron chi connectivity index (χ1n) is 16.8. The van der Waals surface area contributed by atoms with E-state index in [1.807, 2.05) is 0 Å². The normalized spacial score (nSPS) is 13.4. The van der Waals surface area contributed by atoms with Crippen molar-refractivity contribution in [3.8, 4) is 22.5 Å². The maximum atomic E-state index is 13.8. The van der Waals surface area contributed by atoms with Crippen molar-refractivity contribution in [2.75, 3.05) is 39.0 Å². The number of carbonyl (C=O) groups excluding carboxylic acids is 4. The standard InChI is InChI=1S/C29H26N4O12S2.C6H15N/c1-32(14-4-7-23(36)45-33-21(34)12-13-22(33)35)29(37)16-6-3-2-5-15(16)24-17-8-10-19(30)27(46(38,39)40)25(17)44-26-18(24)9-11-20(31)28(26)47(41,42)43;1-4-7(5-2)6-3/h2-3,5-6,8-11,30H,4,7,12-14,31H2,1H3,(H,38,39,40)(H,41,42,43);4-6H2,1-3H3. The first-order valence-corrected chi connectivity index (χ1v) is 19.7. The van der Waals surface area contributed by atoms with Crippen molar-refractivity contribution < 1.29 is 59.8 Å². The molecule has 2 aliphatic heterocycles. The third kappa shape index (κ3) is 8.93. The molecule has 5 rings (SSSR count). The van der Waals surface area contributed by atoms with Gasteiger partial charge in [-0.25, -0.2) is 13.2 Å². The fraction of sp³-hybridized carbons (Fsp3) is 0.343. The van der Waals surface area contributed by atoms with Crippen LogP contribution in [0.1, 0.15) is 56.8 Å². The summed E-state index contributed by atoms with van der Waals surface area (Å²) in [6.07, 6.45) is -0.278. The Hall–Kier alpha value is -5.21. The van der Waals surface area contributed by atoms with Crippen molar-refractivity contribution in [3.05, 3.63) is 59.5 Å². The van der Waals surface area contributed by atoms with Gasteiger partial charge in [-0.2, -0.15) is 8.42 Å². The molecule has 3 aliphatic rings. The maximum Gasteiger partial charge on any atom is 0.333 e. The highest BCUT2D eigenvalue weighted by molar-refractivity contribution is 7.86. The van der Waals surface area contributed by atoms with Crippen LogP contribution in [0.25, 0.3) is 33.4 Å². The van der Waals surface area contributed by atoms with Crippen LogP contribution in [0, 0.1) is 0 Å². The molecule has 54 heavy (non-hydrogen) atoms. The molecule has 0 aromatic heterocycles. The predicted molar refractivity (Wildman–Crippen MR) is 192 cm³/mol. The minimum absolute atomic E-state index is 0.00826. The van der Waals surface area contributed by atoms with Crippen molar-refractivity contribution >= 4 is 60.6 Å². The number of anilines is 1. The van der Waals surface area contributed by atoms with Crippen LogP contribution in [-0.4, -0.2) is 97.7 Å². The topological polar surface area (TPSA) is 264 Å². The SMILES string of the molecule is CCN(CC)CC.CN(CCCC(=O)ON1C(=O)CCC1=O)C(=O)c1ccccc1-c1c2ccc(=[NH2+])c(S(=O)(=O)O)c-2oc2c(S(=O)(=O)[O-])c(N)ccc12. The number of imide groups is 1. The Bertz CT molecular complexity index is 2330. The predicted octanol–water partition coefficient (Wildman–Crippen LogP) is 1.40. The van der Waals surface area contributed by atoms with Gasteiger partial charge in [-0.05, 0) is 55.9 Å². The minimum atomic E-state index is -5.32. The average Bonchev–Trinajstić information content (AvgIpc) is 3.42. The Morgan fingerprint density at radius 3 is 2.11 bits per heavy atom. The van der Waals surface area contributed by atoms with Gasteiger partial charge in [0.2, 0.25) is 10.3 Å². The van der Waals surface area contributed by atoms with E-state index in [0.717, 1.165) is 12.1 Å². The number of nitrogen functional groups attached to an aromatic ring is 1. The molecule has 1 saturated heterocycles. The molecule has 0 radical (unpaired) electrons. The maximum absolute atomic E-state index is 13.8. The van der Waals surface area contributed by atoms with Crippen LogP contribution in [0.3, 0.4) is 0 Å². The van der Waals surface area contributed by atoms with Crippen molar-refractivity contribution in [3.63, 3.8) is 0 Å². The van der Waals surface area contributed by atoms with Gasteiger partial charge in [-0.15, -0.1) is 5.06 Å². The molecule has 2 aromatic carbocycles. The average molecular weight is 788 g/mol. The number of hydrogen-bond donors (Lipinski definition) is 3. The number of rotatable bonds is 12.